The van der Waals surface area contributed by atoms with Crippen LogP contribution in [0.15, 0.2) is 24.3 Å². The molecule has 1 saturated heterocycles. The first-order valence-electron chi connectivity index (χ1n) is 6.96. The van der Waals surface area contributed by atoms with Crippen molar-refractivity contribution in [3.05, 3.63) is 35.4 Å². The number of esters is 1. The van der Waals surface area contributed by atoms with Crippen molar-refractivity contribution in [3.8, 4) is 0 Å². The molecule has 1 aromatic rings. The van der Waals surface area contributed by atoms with Gasteiger partial charge in [0.25, 0.3) is 11.5 Å². The van der Waals surface area contributed by atoms with Crippen molar-refractivity contribution in [3.63, 3.8) is 0 Å². The maximum atomic E-state index is 11.9. The Balaban J connectivity index is 2.30. The minimum Gasteiger partial charge on any atom is -0.466 e. The molecule has 5 nitrogen and oxygen atoms in total. The van der Waals surface area contributed by atoms with Crippen LogP contribution < -0.4 is 5.73 Å². The van der Waals surface area contributed by atoms with Crippen LogP contribution in [0.3, 0.4) is 0 Å². The fourth-order valence-corrected chi connectivity index (χ4v) is 2.74. The zero-order valence-electron chi connectivity index (χ0n) is 12.8. The SMILES string of the molecule is COC(=O)C1(C(N)=O)OC1(C)c1ccc(CC(C)C)cc1. The van der Waals surface area contributed by atoms with Gasteiger partial charge < -0.3 is 15.2 Å². The second-order valence-electron chi connectivity index (χ2n) is 5.97. The molecule has 1 amide bonds. The van der Waals surface area contributed by atoms with Gasteiger partial charge in [0, 0.05) is 0 Å². The first-order chi connectivity index (χ1) is 9.77. The van der Waals surface area contributed by atoms with Crippen LogP contribution in [-0.4, -0.2) is 24.6 Å². The summed E-state index contributed by atoms with van der Waals surface area (Å²) in [7, 11) is 1.21. The number of rotatable bonds is 5. The van der Waals surface area contributed by atoms with E-state index in [1.807, 2.05) is 24.3 Å². The van der Waals surface area contributed by atoms with Crippen LogP contribution in [0, 0.1) is 5.92 Å². The molecule has 114 valence electrons. The van der Waals surface area contributed by atoms with Gasteiger partial charge in [-0.15, -0.1) is 0 Å². The molecule has 0 saturated carbocycles. The molecule has 1 heterocycles. The van der Waals surface area contributed by atoms with Crippen LogP contribution >= 0.6 is 0 Å². The van der Waals surface area contributed by atoms with Crippen molar-refractivity contribution in [1.29, 1.82) is 0 Å². The van der Waals surface area contributed by atoms with E-state index in [0.717, 1.165) is 12.0 Å². The lowest BCUT2D eigenvalue weighted by molar-refractivity contribution is -0.151. The molecule has 0 bridgehead atoms. The first kappa shape index (κ1) is 15.5. The van der Waals surface area contributed by atoms with E-state index in [4.69, 9.17) is 10.5 Å². The van der Waals surface area contributed by atoms with Gasteiger partial charge in [-0.05, 0) is 30.4 Å². The largest absolute Gasteiger partial charge is 0.466 e. The topological polar surface area (TPSA) is 81.9 Å². The van der Waals surface area contributed by atoms with Crippen LogP contribution in [-0.2, 0) is 31.1 Å². The van der Waals surface area contributed by atoms with Crippen molar-refractivity contribution in [2.75, 3.05) is 7.11 Å². The molecule has 2 rings (SSSR count). The summed E-state index contributed by atoms with van der Waals surface area (Å²) in [6.07, 6.45) is 0.968. The number of ether oxygens (including phenoxy) is 2. The predicted octanol–water partition coefficient (Wildman–Crippen LogP) is 1.53. The Labute approximate surface area is 124 Å². The molecule has 21 heavy (non-hydrogen) atoms. The van der Waals surface area contributed by atoms with Gasteiger partial charge >= 0.3 is 5.97 Å². The lowest BCUT2D eigenvalue weighted by atomic mass is 9.86. The van der Waals surface area contributed by atoms with Crippen molar-refractivity contribution >= 4 is 11.9 Å². The van der Waals surface area contributed by atoms with Gasteiger partial charge in [-0.2, -0.15) is 0 Å². The molecule has 2 unspecified atom stereocenters. The quantitative estimate of drug-likeness (QED) is 0.506. The fraction of sp³-hybridized carbons (Fsp3) is 0.500. The van der Waals surface area contributed by atoms with E-state index >= 15 is 0 Å². The summed E-state index contributed by atoms with van der Waals surface area (Å²) in [6, 6.07) is 7.69. The summed E-state index contributed by atoms with van der Waals surface area (Å²) in [5.41, 5.74) is 4.50. The molecule has 0 aromatic heterocycles. The van der Waals surface area contributed by atoms with Gasteiger partial charge in [-0.3, -0.25) is 4.79 Å². The smallest absolute Gasteiger partial charge is 0.351 e. The Bertz CT molecular complexity index is 566. The monoisotopic (exact) mass is 291 g/mol. The average molecular weight is 291 g/mol. The highest BCUT2D eigenvalue weighted by molar-refractivity contribution is 6.10. The van der Waals surface area contributed by atoms with E-state index in [1.54, 1.807) is 6.92 Å². The third kappa shape index (κ3) is 2.31. The zero-order valence-corrected chi connectivity index (χ0v) is 12.8. The fourth-order valence-electron chi connectivity index (χ4n) is 2.74. The molecular formula is C16H21NO4. The van der Waals surface area contributed by atoms with Gasteiger partial charge in [0.2, 0.25) is 0 Å². The molecule has 1 fully saturated rings. The molecular weight excluding hydrogens is 270 g/mol. The molecule has 0 aliphatic carbocycles. The number of nitrogens with two attached hydrogens (primary N) is 1. The highest BCUT2D eigenvalue weighted by Crippen LogP contribution is 2.56. The van der Waals surface area contributed by atoms with Crippen molar-refractivity contribution in [2.45, 2.75) is 38.4 Å². The lowest BCUT2D eigenvalue weighted by Gasteiger charge is -2.13. The summed E-state index contributed by atoms with van der Waals surface area (Å²) in [4.78, 5) is 23.6. The van der Waals surface area contributed by atoms with Gasteiger partial charge in [0.15, 0.2) is 0 Å². The van der Waals surface area contributed by atoms with Crippen molar-refractivity contribution in [2.24, 2.45) is 11.7 Å². The Morgan fingerprint density at radius 3 is 2.29 bits per heavy atom. The second kappa shape index (κ2) is 5.15. The average Bonchev–Trinajstić information content (AvgIpc) is 3.07. The second-order valence-corrected chi connectivity index (χ2v) is 5.97. The molecule has 1 aromatic carbocycles. The van der Waals surface area contributed by atoms with Gasteiger partial charge in [-0.25, -0.2) is 4.79 Å². The molecule has 1 aliphatic heterocycles. The van der Waals surface area contributed by atoms with Crippen LogP contribution in [0.25, 0.3) is 0 Å². The van der Waals surface area contributed by atoms with Gasteiger partial charge in [0.1, 0.15) is 5.60 Å². The van der Waals surface area contributed by atoms with E-state index in [1.165, 1.54) is 12.7 Å². The number of carbonyl (C=O) groups excluding carboxylic acids is 2. The van der Waals surface area contributed by atoms with Crippen LogP contribution in [0.2, 0.25) is 0 Å². The highest BCUT2D eigenvalue weighted by atomic mass is 16.7. The lowest BCUT2D eigenvalue weighted by Crippen LogP contribution is -2.45. The number of benzene rings is 1. The summed E-state index contributed by atoms with van der Waals surface area (Å²) in [6.45, 7) is 5.97. The number of carbonyl (C=O) groups is 2. The predicted molar refractivity (Wildman–Crippen MR) is 77.4 cm³/mol. The zero-order chi connectivity index (χ0) is 15.8. The molecule has 2 N–H and O–H groups in total. The Kier molecular flexibility index (Phi) is 3.80. The van der Waals surface area contributed by atoms with Crippen molar-refractivity contribution < 1.29 is 19.1 Å². The molecule has 5 heteroatoms. The van der Waals surface area contributed by atoms with Crippen LogP contribution in [0.4, 0.5) is 0 Å². The van der Waals surface area contributed by atoms with Crippen LogP contribution in [0.1, 0.15) is 31.9 Å². The summed E-state index contributed by atoms with van der Waals surface area (Å²) in [5.74, 6) is -1.03. The number of hydrogen-bond donors (Lipinski definition) is 1. The minimum atomic E-state index is -1.72. The summed E-state index contributed by atoms with van der Waals surface area (Å²) < 4.78 is 10.1. The van der Waals surface area contributed by atoms with E-state index in [2.05, 4.69) is 18.6 Å². The highest BCUT2D eigenvalue weighted by Gasteiger charge is 2.78. The third-order valence-electron chi connectivity index (χ3n) is 3.96. The number of amides is 1. The van der Waals surface area contributed by atoms with Crippen LogP contribution in [0.5, 0.6) is 0 Å². The van der Waals surface area contributed by atoms with E-state index in [9.17, 15) is 9.59 Å². The Morgan fingerprint density at radius 1 is 1.29 bits per heavy atom. The first-order valence-corrected chi connectivity index (χ1v) is 6.96. The molecule has 0 spiro atoms. The Morgan fingerprint density at radius 2 is 1.86 bits per heavy atom. The standard InChI is InChI=1S/C16H21NO4/c1-10(2)9-11-5-7-12(8-6-11)15(3)16(21-15,13(17)18)14(19)20-4/h5-8,10H,9H2,1-4H3,(H2,17,18). The van der Waals surface area contributed by atoms with Gasteiger partial charge in [-0.1, -0.05) is 38.1 Å². The van der Waals surface area contributed by atoms with Gasteiger partial charge in [0.05, 0.1) is 7.11 Å². The van der Waals surface area contributed by atoms with E-state index in [0.29, 0.717) is 5.92 Å². The normalized spacial score (nSPS) is 27.5. The van der Waals surface area contributed by atoms with Crippen molar-refractivity contribution in [1.82, 2.24) is 0 Å². The number of methoxy groups -OCH3 is 1. The Hall–Kier alpha value is -1.88. The summed E-state index contributed by atoms with van der Waals surface area (Å²) >= 11 is 0. The minimum absolute atomic E-state index is 0.559. The van der Waals surface area contributed by atoms with E-state index < -0.39 is 23.1 Å². The maximum absolute atomic E-state index is 11.9. The maximum Gasteiger partial charge on any atom is 0.351 e. The molecule has 2 atom stereocenters. The number of hydrogen-bond acceptors (Lipinski definition) is 4. The molecule has 1 aliphatic rings. The number of epoxide rings is 1. The van der Waals surface area contributed by atoms with E-state index in [-0.39, 0.29) is 0 Å². The molecule has 0 radical (unpaired) electrons. The summed E-state index contributed by atoms with van der Waals surface area (Å²) in [5, 5.41) is 0. The number of primary amides is 1. The third-order valence-corrected chi connectivity index (χ3v) is 3.96.